The SMILES string of the molecule is COCC1(CNC(=O)Cc2ccccc2C)CCCN1.Cl. The molecule has 1 aliphatic rings. The second-order valence-electron chi connectivity index (χ2n) is 5.62. The molecule has 1 heterocycles. The topological polar surface area (TPSA) is 50.4 Å². The number of carbonyl (C=O) groups excluding carboxylic acids is 1. The summed E-state index contributed by atoms with van der Waals surface area (Å²) in [4.78, 5) is 12.1. The van der Waals surface area contributed by atoms with Crippen molar-refractivity contribution in [1.82, 2.24) is 10.6 Å². The molecule has 1 saturated heterocycles. The van der Waals surface area contributed by atoms with Gasteiger partial charge in [-0.25, -0.2) is 0 Å². The Bertz CT molecular complexity index is 459. The molecule has 1 fully saturated rings. The van der Waals surface area contributed by atoms with Crippen LogP contribution in [-0.4, -0.2) is 38.3 Å². The second-order valence-corrected chi connectivity index (χ2v) is 5.62. The predicted molar refractivity (Wildman–Crippen MR) is 87.0 cm³/mol. The van der Waals surface area contributed by atoms with Crippen molar-refractivity contribution in [3.8, 4) is 0 Å². The van der Waals surface area contributed by atoms with E-state index in [2.05, 4.69) is 10.6 Å². The lowest BCUT2D eigenvalue weighted by atomic mass is 9.98. The Hall–Kier alpha value is -1.10. The highest BCUT2D eigenvalue weighted by Crippen LogP contribution is 2.18. The lowest BCUT2D eigenvalue weighted by Gasteiger charge is -2.29. The first-order valence-corrected chi connectivity index (χ1v) is 7.20. The van der Waals surface area contributed by atoms with E-state index in [1.54, 1.807) is 7.11 Å². The lowest BCUT2D eigenvalue weighted by Crippen LogP contribution is -2.53. The third-order valence-corrected chi connectivity index (χ3v) is 3.99. The molecule has 1 aromatic rings. The van der Waals surface area contributed by atoms with Gasteiger partial charge in [-0.2, -0.15) is 0 Å². The summed E-state index contributed by atoms with van der Waals surface area (Å²) < 4.78 is 5.29. The van der Waals surface area contributed by atoms with E-state index >= 15 is 0 Å². The minimum atomic E-state index is -0.0872. The molecule has 4 nitrogen and oxygen atoms in total. The number of halogens is 1. The van der Waals surface area contributed by atoms with E-state index in [0.717, 1.165) is 30.5 Å². The van der Waals surface area contributed by atoms with Crippen LogP contribution in [0.1, 0.15) is 24.0 Å². The Morgan fingerprint density at radius 3 is 2.81 bits per heavy atom. The van der Waals surface area contributed by atoms with E-state index in [1.165, 1.54) is 0 Å². The largest absolute Gasteiger partial charge is 0.383 e. The average molecular weight is 313 g/mol. The normalized spacial score (nSPS) is 20.9. The van der Waals surface area contributed by atoms with Gasteiger partial charge in [0.25, 0.3) is 0 Å². The summed E-state index contributed by atoms with van der Waals surface area (Å²) in [5, 5.41) is 6.51. The Morgan fingerprint density at radius 2 is 2.19 bits per heavy atom. The van der Waals surface area contributed by atoms with E-state index in [-0.39, 0.29) is 23.9 Å². The second kappa shape index (κ2) is 8.37. The predicted octanol–water partition coefficient (Wildman–Crippen LogP) is 1.84. The molecule has 5 heteroatoms. The van der Waals surface area contributed by atoms with Gasteiger partial charge in [0.1, 0.15) is 0 Å². The van der Waals surface area contributed by atoms with Gasteiger partial charge in [-0.15, -0.1) is 12.4 Å². The fourth-order valence-corrected chi connectivity index (χ4v) is 2.78. The first-order chi connectivity index (χ1) is 9.65. The molecular weight excluding hydrogens is 288 g/mol. The van der Waals surface area contributed by atoms with E-state index < -0.39 is 0 Å². The molecule has 2 N–H and O–H groups in total. The van der Waals surface area contributed by atoms with Gasteiger partial charge in [-0.3, -0.25) is 4.79 Å². The molecule has 1 amide bonds. The van der Waals surface area contributed by atoms with Crippen LogP contribution in [0.3, 0.4) is 0 Å². The molecule has 1 unspecified atom stereocenters. The quantitative estimate of drug-likeness (QED) is 0.843. The van der Waals surface area contributed by atoms with Gasteiger partial charge in [0.05, 0.1) is 18.6 Å². The summed E-state index contributed by atoms with van der Waals surface area (Å²) in [6.07, 6.45) is 2.62. The van der Waals surface area contributed by atoms with Crippen molar-refractivity contribution in [3.05, 3.63) is 35.4 Å². The molecular formula is C16H25ClN2O2. The molecule has 1 aromatic carbocycles. The maximum Gasteiger partial charge on any atom is 0.224 e. The smallest absolute Gasteiger partial charge is 0.224 e. The van der Waals surface area contributed by atoms with Gasteiger partial charge in [-0.05, 0) is 37.4 Å². The molecule has 0 aromatic heterocycles. The summed E-state index contributed by atoms with van der Waals surface area (Å²) >= 11 is 0. The zero-order valence-electron chi connectivity index (χ0n) is 12.8. The third kappa shape index (κ3) is 4.99. The van der Waals surface area contributed by atoms with Gasteiger partial charge in [0, 0.05) is 13.7 Å². The number of rotatable bonds is 6. The third-order valence-electron chi connectivity index (χ3n) is 3.99. The van der Waals surface area contributed by atoms with Crippen molar-refractivity contribution in [1.29, 1.82) is 0 Å². The van der Waals surface area contributed by atoms with Crippen LogP contribution >= 0.6 is 12.4 Å². The number of nitrogens with one attached hydrogen (secondary N) is 2. The number of carbonyl (C=O) groups is 1. The highest BCUT2D eigenvalue weighted by Gasteiger charge is 2.33. The van der Waals surface area contributed by atoms with Crippen molar-refractivity contribution in [2.45, 2.75) is 31.7 Å². The summed E-state index contributed by atoms with van der Waals surface area (Å²) in [6.45, 7) is 4.30. The Morgan fingerprint density at radius 1 is 1.43 bits per heavy atom. The van der Waals surface area contributed by atoms with Crippen LogP contribution in [0.25, 0.3) is 0 Å². The maximum absolute atomic E-state index is 12.1. The van der Waals surface area contributed by atoms with Crippen LogP contribution in [0.5, 0.6) is 0 Å². The molecule has 118 valence electrons. The van der Waals surface area contributed by atoms with E-state index in [4.69, 9.17) is 4.74 Å². The zero-order chi connectivity index (χ0) is 14.4. The van der Waals surface area contributed by atoms with Gasteiger partial charge >= 0.3 is 0 Å². The van der Waals surface area contributed by atoms with Crippen molar-refractivity contribution in [3.63, 3.8) is 0 Å². The summed E-state index contributed by atoms with van der Waals surface area (Å²) in [6, 6.07) is 8.01. The lowest BCUT2D eigenvalue weighted by molar-refractivity contribution is -0.120. The number of methoxy groups -OCH3 is 1. The number of hydrogen-bond acceptors (Lipinski definition) is 3. The minimum absolute atomic E-state index is 0. The van der Waals surface area contributed by atoms with Gasteiger partial charge in [0.2, 0.25) is 5.91 Å². The van der Waals surface area contributed by atoms with E-state index in [1.807, 2.05) is 31.2 Å². The standard InChI is InChI=1S/C16H24N2O2.ClH/c1-13-6-3-4-7-14(13)10-15(19)17-11-16(12-20-2)8-5-9-18-16;/h3-4,6-7,18H,5,8-12H2,1-2H3,(H,17,19);1H. The van der Waals surface area contributed by atoms with Crippen molar-refractivity contribution in [2.24, 2.45) is 0 Å². The van der Waals surface area contributed by atoms with Crippen LogP contribution in [0.4, 0.5) is 0 Å². The molecule has 0 bridgehead atoms. The Kier molecular flexibility index (Phi) is 7.15. The minimum Gasteiger partial charge on any atom is -0.383 e. The first-order valence-electron chi connectivity index (χ1n) is 7.20. The van der Waals surface area contributed by atoms with E-state index in [9.17, 15) is 4.79 Å². The Balaban J connectivity index is 0.00000220. The number of amides is 1. The van der Waals surface area contributed by atoms with Crippen LogP contribution < -0.4 is 10.6 Å². The summed E-state index contributed by atoms with van der Waals surface area (Å²) in [5.41, 5.74) is 2.16. The fourth-order valence-electron chi connectivity index (χ4n) is 2.78. The Labute approximate surface area is 133 Å². The zero-order valence-corrected chi connectivity index (χ0v) is 13.6. The van der Waals surface area contributed by atoms with Crippen molar-refractivity contribution < 1.29 is 9.53 Å². The van der Waals surface area contributed by atoms with Crippen LogP contribution in [0.15, 0.2) is 24.3 Å². The number of benzene rings is 1. The molecule has 0 spiro atoms. The molecule has 0 radical (unpaired) electrons. The maximum atomic E-state index is 12.1. The van der Waals surface area contributed by atoms with Crippen LogP contribution in [0, 0.1) is 6.92 Å². The van der Waals surface area contributed by atoms with Crippen molar-refractivity contribution in [2.75, 3.05) is 26.8 Å². The van der Waals surface area contributed by atoms with Gasteiger partial charge in [-0.1, -0.05) is 24.3 Å². The van der Waals surface area contributed by atoms with Gasteiger partial charge in [0.15, 0.2) is 0 Å². The van der Waals surface area contributed by atoms with Crippen LogP contribution in [-0.2, 0) is 16.0 Å². The monoisotopic (exact) mass is 312 g/mol. The molecule has 0 aliphatic carbocycles. The highest BCUT2D eigenvalue weighted by atomic mass is 35.5. The molecule has 21 heavy (non-hydrogen) atoms. The summed E-state index contributed by atoms with van der Waals surface area (Å²) in [5.74, 6) is 0.0727. The van der Waals surface area contributed by atoms with Crippen LogP contribution in [0.2, 0.25) is 0 Å². The first kappa shape index (κ1) is 18.0. The number of ether oxygens (including phenoxy) is 1. The summed E-state index contributed by atoms with van der Waals surface area (Å²) in [7, 11) is 1.71. The molecule has 1 aliphatic heterocycles. The average Bonchev–Trinajstić information content (AvgIpc) is 2.89. The number of aryl methyl sites for hydroxylation is 1. The van der Waals surface area contributed by atoms with Crippen molar-refractivity contribution >= 4 is 18.3 Å². The fraction of sp³-hybridized carbons (Fsp3) is 0.562. The van der Waals surface area contributed by atoms with E-state index in [0.29, 0.717) is 19.6 Å². The van der Waals surface area contributed by atoms with Gasteiger partial charge < -0.3 is 15.4 Å². The molecule has 2 rings (SSSR count). The molecule has 1 atom stereocenters. The molecule has 0 saturated carbocycles. The number of hydrogen-bond donors (Lipinski definition) is 2. The highest BCUT2D eigenvalue weighted by molar-refractivity contribution is 5.85.